The van der Waals surface area contributed by atoms with Gasteiger partial charge >= 0.3 is 0 Å². The number of amides is 2. The Labute approximate surface area is 164 Å². The lowest BCUT2D eigenvalue weighted by Crippen LogP contribution is -2.49. The highest BCUT2D eigenvalue weighted by molar-refractivity contribution is 5.95. The monoisotopic (exact) mass is 380 g/mol. The summed E-state index contributed by atoms with van der Waals surface area (Å²) >= 11 is 0. The number of nitriles is 1. The van der Waals surface area contributed by atoms with Gasteiger partial charge in [0.15, 0.2) is 5.82 Å². The van der Waals surface area contributed by atoms with Crippen LogP contribution in [0, 0.1) is 17.2 Å². The summed E-state index contributed by atoms with van der Waals surface area (Å²) in [5.41, 5.74) is 0.927. The van der Waals surface area contributed by atoms with Crippen LogP contribution in [-0.2, 0) is 11.3 Å². The SMILES string of the molecule is CCn1cnnc1-c1ccc(C(=O)N[C@@]2(C)CCN(C(=O)C(C)C#N)C2)cc1. The molecule has 0 bridgehead atoms. The maximum absolute atomic E-state index is 12.7. The third kappa shape index (κ3) is 3.88. The van der Waals surface area contributed by atoms with Crippen molar-refractivity contribution in [1.82, 2.24) is 25.0 Å². The second-order valence-corrected chi connectivity index (χ2v) is 7.39. The number of carbonyl (C=O) groups excluding carboxylic acids is 2. The van der Waals surface area contributed by atoms with Crippen molar-refractivity contribution < 1.29 is 9.59 Å². The topological polar surface area (TPSA) is 104 Å². The van der Waals surface area contributed by atoms with Gasteiger partial charge in [0.05, 0.1) is 11.6 Å². The first-order valence-corrected chi connectivity index (χ1v) is 9.36. The lowest BCUT2D eigenvalue weighted by Gasteiger charge is -2.26. The van der Waals surface area contributed by atoms with Gasteiger partial charge in [-0.1, -0.05) is 12.1 Å². The fourth-order valence-electron chi connectivity index (χ4n) is 3.41. The van der Waals surface area contributed by atoms with Crippen LogP contribution < -0.4 is 5.32 Å². The van der Waals surface area contributed by atoms with Crippen molar-refractivity contribution in [2.45, 2.75) is 39.3 Å². The minimum absolute atomic E-state index is 0.186. The number of nitrogens with zero attached hydrogens (tertiary/aromatic N) is 5. The quantitative estimate of drug-likeness (QED) is 0.852. The van der Waals surface area contributed by atoms with Crippen molar-refractivity contribution in [2.75, 3.05) is 13.1 Å². The summed E-state index contributed by atoms with van der Waals surface area (Å²) in [6, 6.07) is 9.20. The Hall–Kier alpha value is -3.21. The van der Waals surface area contributed by atoms with Crippen LogP contribution in [0.5, 0.6) is 0 Å². The first-order valence-electron chi connectivity index (χ1n) is 9.36. The molecule has 2 heterocycles. The molecule has 8 nitrogen and oxygen atoms in total. The highest BCUT2D eigenvalue weighted by atomic mass is 16.2. The molecule has 0 saturated carbocycles. The average molecular weight is 380 g/mol. The first kappa shape index (κ1) is 19.5. The van der Waals surface area contributed by atoms with Crippen LogP contribution in [0.4, 0.5) is 0 Å². The summed E-state index contributed by atoms with van der Waals surface area (Å²) in [5.74, 6) is -0.285. The normalized spacial score (nSPS) is 19.9. The van der Waals surface area contributed by atoms with Gasteiger partial charge < -0.3 is 14.8 Å². The van der Waals surface area contributed by atoms with Crippen LogP contribution in [0.2, 0.25) is 0 Å². The molecule has 1 aromatic heterocycles. The maximum atomic E-state index is 12.7. The van der Waals surface area contributed by atoms with Gasteiger partial charge in [-0.25, -0.2) is 0 Å². The molecule has 0 radical (unpaired) electrons. The number of aromatic nitrogens is 3. The van der Waals surface area contributed by atoms with E-state index in [-0.39, 0.29) is 11.8 Å². The second-order valence-electron chi connectivity index (χ2n) is 7.39. The van der Waals surface area contributed by atoms with Crippen molar-refractivity contribution >= 4 is 11.8 Å². The van der Waals surface area contributed by atoms with Crippen LogP contribution in [-0.4, -0.2) is 50.1 Å². The van der Waals surface area contributed by atoms with Crippen LogP contribution in [0.3, 0.4) is 0 Å². The van der Waals surface area contributed by atoms with Crippen molar-refractivity contribution in [2.24, 2.45) is 5.92 Å². The second kappa shape index (κ2) is 7.80. The molecule has 3 rings (SSSR count). The molecule has 2 atom stereocenters. The molecule has 2 aromatic rings. The van der Waals surface area contributed by atoms with Gasteiger partial charge in [-0.05, 0) is 39.3 Å². The van der Waals surface area contributed by atoms with Crippen LogP contribution in [0.1, 0.15) is 37.6 Å². The zero-order valence-electron chi connectivity index (χ0n) is 16.3. The van der Waals surface area contributed by atoms with E-state index < -0.39 is 11.5 Å². The first-order chi connectivity index (χ1) is 13.4. The van der Waals surface area contributed by atoms with E-state index in [9.17, 15) is 9.59 Å². The number of benzene rings is 1. The maximum Gasteiger partial charge on any atom is 0.251 e. The Morgan fingerprint density at radius 3 is 2.71 bits per heavy atom. The van der Waals surface area contributed by atoms with Crippen LogP contribution >= 0.6 is 0 Å². The number of hydrogen-bond donors (Lipinski definition) is 1. The summed E-state index contributed by atoms with van der Waals surface area (Å²) in [7, 11) is 0. The highest BCUT2D eigenvalue weighted by Crippen LogP contribution is 2.23. The van der Waals surface area contributed by atoms with Gasteiger partial charge in [0, 0.05) is 30.8 Å². The largest absolute Gasteiger partial charge is 0.345 e. The number of nitrogens with one attached hydrogen (secondary N) is 1. The van der Waals surface area contributed by atoms with Gasteiger partial charge in [-0.2, -0.15) is 5.26 Å². The minimum Gasteiger partial charge on any atom is -0.345 e. The molecule has 2 amide bonds. The Kier molecular flexibility index (Phi) is 5.45. The fourth-order valence-corrected chi connectivity index (χ4v) is 3.41. The fraction of sp³-hybridized carbons (Fsp3) is 0.450. The summed E-state index contributed by atoms with van der Waals surface area (Å²) < 4.78 is 1.93. The predicted octanol–water partition coefficient (Wildman–Crippen LogP) is 1.85. The summed E-state index contributed by atoms with van der Waals surface area (Å²) in [4.78, 5) is 26.5. The zero-order chi connectivity index (χ0) is 20.3. The highest BCUT2D eigenvalue weighted by Gasteiger charge is 2.38. The predicted molar refractivity (Wildman–Crippen MR) is 103 cm³/mol. The van der Waals surface area contributed by atoms with E-state index in [1.165, 1.54) is 0 Å². The van der Waals surface area contributed by atoms with Crippen molar-refractivity contribution in [3.05, 3.63) is 36.2 Å². The molecular formula is C20H24N6O2. The number of likely N-dealkylation sites (tertiary alicyclic amines) is 1. The molecule has 1 N–H and O–H groups in total. The van der Waals surface area contributed by atoms with Crippen molar-refractivity contribution in [3.63, 3.8) is 0 Å². The molecule has 8 heteroatoms. The molecule has 1 aliphatic rings. The number of hydrogen-bond acceptors (Lipinski definition) is 5. The Bertz CT molecular complexity index is 914. The molecule has 28 heavy (non-hydrogen) atoms. The molecule has 1 aromatic carbocycles. The third-order valence-electron chi connectivity index (χ3n) is 5.13. The van der Waals surface area contributed by atoms with E-state index >= 15 is 0 Å². The lowest BCUT2D eigenvalue weighted by molar-refractivity contribution is -0.132. The number of rotatable bonds is 5. The molecule has 0 aliphatic carbocycles. The average Bonchev–Trinajstić information content (AvgIpc) is 3.33. The number of aryl methyl sites for hydroxylation is 1. The smallest absolute Gasteiger partial charge is 0.251 e. The van der Waals surface area contributed by atoms with Crippen LogP contribution in [0.15, 0.2) is 30.6 Å². The molecular weight excluding hydrogens is 356 g/mol. The van der Waals surface area contributed by atoms with Gasteiger partial charge in [-0.3, -0.25) is 9.59 Å². The van der Waals surface area contributed by atoms with E-state index in [1.54, 1.807) is 30.3 Å². The van der Waals surface area contributed by atoms with E-state index in [1.807, 2.05) is 36.6 Å². The van der Waals surface area contributed by atoms with E-state index in [0.29, 0.717) is 25.1 Å². The summed E-state index contributed by atoms with van der Waals surface area (Å²) in [5, 5.41) is 20.0. The Morgan fingerprint density at radius 2 is 2.07 bits per heavy atom. The molecule has 0 spiro atoms. The van der Waals surface area contributed by atoms with Gasteiger partial charge in [0.1, 0.15) is 12.2 Å². The van der Waals surface area contributed by atoms with Crippen molar-refractivity contribution in [3.8, 4) is 17.5 Å². The summed E-state index contributed by atoms with van der Waals surface area (Å²) in [6.07, 6.45) is 2.33. The molecule has 146 valence electrons. The van der Waals surface area contributed by atoms with Gasteiger partial charge in [0.25, 0.3) is 5.91 Å². The zero-order valence-corrected chi connectivity index (χ0v) is 16.3. The standard InChI is InChI=1S/C20H24N6O2/c1-4-25-13-22-24-17(25)15-5-7-16(8-6-15)18(27)23-20(3)9-10-26(12-20)19(28)14(2)11-21/h5-8,13-14H,4,9-10,12H2,1-3H3,(H,23,27)/t14?,20-/m0/s1. The van der Waals surface area contributed by atoms with E-state index in [4.69, 9.17) is 5.26 Å². The van der Waals surface area contributed by atoms with E-state index in [2.05, 4.69) is 15.5 Å². The Balaban J connectivity index is 1.67. The Morgan fingerprint density at radius 1 is 1.36 bits per heavy atom. The van der Waals surface area contributed by atoms with Crippen LogP contribution in [0.25, 0.3) is 11.4 Å². The molecule has 1 aliphatic heterocycles. The minimum atomic E-state index is -0.671. The molecule has 1 unspecified atom stereocenters. The van der Waals surface area contributed by atoms with E-state index in [0.717, 1.165) is 17.9 Å². The van der Waals surface area contributed by atoms with Gasteiger partial charge in [-0.15, -0.1) is 10.2 Å². The van der Waals surface area contributed by atoms with Gasteiger partial charge in [0.2, 0.25) is 5.91 Å². The molecule has 1 fully saturated rings. The summed E-state index contributed by atoms with van der Waals surface area (Å²) in [6.45, 7) is 7.24. The number of carbonyl (C=O) groups is 2. The van der Waals surface area contributed by atoms with Crippen molar-refractivity contribution in [1.29, 1.82) is 5.26 Å². The lowest BCUT2D eigenvalue weighted by atomic mass is 10.0. The third-order valence-corrected chi connectivity index (χ3v) is 5.13. The molecule has 1 saturated heterocycles.